The van der Waals surface area contributed by atoms with Crippen LogP contribution in [0.1, 0.15) is 11.1 Å². The van der Waals surface area contributed by atoms with Gasteiger partial charge in [-0.15, -0.1) is 0 Å². The molecule has 2 aliphatic rings. The third kappa shape index (κ3) is 3.35. The minimum absolute atomic E-state index is 0.145. The van der Waals surface area contributed by atoms with Gasteiger partial charge in [0.05, 0.1) is 14.2 Å². The van der Waals surface area contributed by atoms with Crippen LogP contribution in [0.15, 0.2) is 71.5 Å². The van der Waals surface area contributed by atoms with Crippen LogP contribution in [0.3, 0.4) is 0 Å². The van der Waals surface area contributed by atoms with Crippen molar-refractivity contribution in [3.05, 3.63) is 82.6 Å². The predicted octanol–water partition coefficient (Wildman–Crippen LogP) is 2.79. The van der Waals surface area contributed by atoms with Gasteiger partial charge in [0, 0.05) is 17.6 Å². The van der Waals surface area contributed by atoms with Crippen molar-refractivity contribution in [2.24, 2.45) is 0 Å². The molecule has 7 nitrogen and oxygen atoms in total. The van der Waals surface area contributed by atoms with Crippen molar-refractivity contribution in [1.29, 1.82) is 0 Å². The average Bonchev–Trinajstić information content (AvgIpc) is 3.35. The molecule has 2 heterocycles. The van der Waals surface area contributed by atoms with Crippen LogP contribution >= 0.6 is 0 Å². The van der Waals surface area contributed by atoms with E-state index in [1.165, 1.54) is 0 Å². The molecule has 0 radical (unpaired) electrons. The summed E-state index contributed by atoms with van der Waals surface area (Å²) in [6.45, 7) is 0.203. The highest BCUT2D eigenvalue weighted by Gasteiger charge is 2.50. The number of carbonyl (C=O) groups is 1. The largest absolute Gasteiger partial charge is 0.497 e. The molecule has 29 heavy (non-hydrogen) atoms. The lowest BCUT2D eigenvalue weighted by molar-refractivity contribution is -0.231. The molecule has 0 aliphatic carbocycles. The van der Waals surface area contributed by atoms with Crippen molar-refractivity contribution in [2.45, 2.75) is 12.2 Å². The molecule has 0 bridgehead atoms. The lowest BCUT2D eigenvalue weighted by Crippen LogP contribution is -2.29. The van der Waals surface area contributed by atoms with Gasteiger partial charge in [-0.3, -0.25) is 0 Å². The quantitative estimate of drug-likeness (QED) is 0.594. The van der Waals surface area contributed by atoms with Gasteiger partial charge in [0.15, 0.2) is 5.76 Å². The highest BCUT2D eigenvalue weighted by Crippen LogP contribution is 2.45. The molecule has 7 heteroatoms. The number of hydrogen-bond donors (Lipinski definition) is 1. The molecule has 0 amide bonds. The molecule has 150 valence electrons. The molecule has 0 saturated heterocycles. The van der Waals surface area contributed by atoms with Crippen LogP contribution < -0.4 is 9.47 Å². The Labute approximate surface area is 167 Å². The zero-order chi connectivity index (χ0) is 20.4. The van der Waals surface area contributed by atoms with Crippen LogP contribution in [0.4, 0.5) is 0 Å². The summed E-state index contributed by atoms with van der Waals surface area (Å²) in [5.41, 5.74) is 1.67. The lowest BCUT2D eigenvalue weighted by atomic mass is 9.89. The highest BCUT2D eigenvalue weighted by atomic mass is 17.2. The Kier molecular flexibility index (Phi) is 5.00. The third-order valence-corrected chi connectivity index (χ3v) is 4.93. The maximum Gasteiger partial charge on any atom is 0.345 e. The second-order valence-corrected chi connectivity index (χ2v) is 6.54. The lowest BCUT2D eigenvalue weighted by Gasteiger charge is -2.26. The number of hydrogen-bond acceptors (Lipinski definition) is 7. The van der Waals surface area contributed by atoms with Gasteiger partial charge >= 0.3 is 5.97 Å². The molecule has 0 spiro atoms. The molecule has 2 aliphatic heterocycles. The molecular formula is C22H20O7. The maximum absolute atomic E-state index is 12.8. The van der Waals surface area contributed by atoms with E-state index in [4.69, 9.17) is 24.0 Å². The second-order valence-electron chi connectivity index (χ2n) is 6.54. The van der Waals surface area contributed by atoms with Gasteiger partial charge in [-0.1, -0.05) is 18.2 Å². The number of cyclic esters (lactones) is 1. The number of methoxy groups -OCH3 is 2. The van der Waals surface area contributed by atoms with Crippen molar-refractivity contribution in [1.82, 2.24) is 0 Å². The Balaban J connectivity index is 1.85. The Bertz CT molecular complexity index is 990. The number of benzene rings is 2. The number of carbonyl (C=O) groups excluding carboxylic acids is 1. The standard InChI is InChI=1S/C22H20O7/c1-25-16-9-7-15(8-10-16)22(24)17(13-14-5-3-4-6-18(14)26-2)20(21(23)28-22)19-11-12-27-29-19/h3-11,24H,12-13H2,1-2H3. The van der Waals surface area contributed by atoms with E-state index in [-0.39, 0.29) is 24.4 Å². The van der Waals surface area contributed by atoms with E-state index in [2.05, 4.69) is 0 Å². The summed E-state index contributed by atoms with van der Waals surface area (Å²) in [6.07, 6.45) is 1.83. The van der Waals surface area contributed by atoms with Gasteiger partial charge in [-0.05, 0) is 42.0 Å². The van der Waals surface area contributed by atoms with Crippen LogP contribution in [-0.2, 0) is 31.5 Å². The Morgan fingerprint density at radius 2 is 1.83 bits per heavy atom. The first-order valence-corrected chi connectivity index (χ1v) is 9.02. The van der Waals surface area contributed by atoms with E-state index in [1.807, 2.05) is 24.3 Å². The fourth-order valence-electron chi connectivity index (χ4n) is 3.47. The van der Waals surface area contributed by atoms with Crippen molar-refractivity contribution in [2.75, 3.05) is 20.8 Å². The van der Waals surface area contributed by atoms with E-state index in [9.17, 15) is 9.90 Å². The van der Waals surface area contributed by atoms with Crippen molar-refractivity contribution in [3.8, 4) is 11.5 Å². The van der Waals surface area contributed by atoms with Gasteiger partial charge in [-0.2, -0.15) is 4.89 Å². The minimum atomic E-state index is -1.97. The summed E-state index contributed by atoms with van der Waals surface area (Å²) < 4.78 is 16.1. The first-order chi connectivity index (χ1) is 14.1. The summed E-state index contributed by atoms with van der Waals surface area (Å²) in [5, 5.41) is 11.5. The number of esters is 1. The first-order valence-electron chi connectivity index (χ1n) is 9.02. The second kappa shape index (κ2) is 7.62. The molecule has 1 atom stereocenters. The third-order valence-electron chi connectivity index (χ3n) is 4.93. The Morgan fingerprint density at radius 3 is 2.48 bits per heavy atom. The van der Waals surface area contributed by atoms with Crippen LogP contribution in [0.5, 0.6) is 11.5 Å². The van der Waals surface area contributed by atoms with Crippen LogP contribution in [-0.4, -0.2) is 31.9 Å². The molecule has 0 saturated carbocycles. The molecule has 4 rings (SSSR count). The molecule has 0 aromatic heterocycles. The van der Waals surface area contributed by atoms with Crippen molar-refractivity contribution < 1.29 is 33.9 Å². The normalized spacial score (nSPS) is 20.9. The van der Waals surface area contributed by atoms with Crippen LogP contribution in [0, 0.1) is 0 Å². The number of para-hydroxylation sites is 1. The minimum Gasteiger partial charge on any atom is -0.497 e. The summed E-state index contributed by atoms with van der Waals surface area (Å²) in [4.78, 5) is 22.8. The maximum atomic E-state index is 12.8. The SMILES string of the molecule is COc1ccc(C2(O)OC(=O)C(C3=CCOO3)=C2Cc2ccccc2OC)cc1. The van der Waals surface area contributed by atoms with E-state index >= 15 is 0 Å². The van der Waals surface area contributed by atoms with Gasteiger partial charge < -0.3 is 24.2 Å². The van der Waals surface area contributed by atoms with Crippen molar-refractivity contribution in [3.63, 3.8) is 0 Å². The van der Waals surface area contributed by atoms with Gasteiger partial charge in [0.25, 0.3) is 5.79 Å². The number of aliphatic hydroxyl groups is 1. The fraction of sp³-hybridized carbons (Fsp3) is 0.227. The van der Waals surface area contributed by atoms with E-state index < -0.39 is 11.8 Å². The van der Waals surface area contributed by atoms with E-state index in [0.717, 1.165) is 5.56 Å². The number of ether oxygens (including phenoxy) is 3. The Morgan fingerprint density at radius 1 is 1.07 bits per heavy atom. The Hall–Kier alpha value is -3.29. The summed E-state index contributed by atoms with van der Waals surface area (Å²) in [5.74, 6) is -1.18. The zero-order valence-corrected chi connectivity index (χ0v) is 16.0. The van der Waals surface area contributed by atoms with Gasteiger partial charge in [0.2, 0.25) is 0 Å². The van der Waals surface area contributed by atoms with Crippen LogP contribution in [0.25, 0.3) is 0 Å². The topological polar surface area (TPSA) is 83.5 Å². The summed E-state index contributed by atoms with van der Waals surface area (Å²) in [6, 6.07) is 14.1. The zero-order valence-electron chi connectivity index (χ0n) is 16.0. The average molecular weight is 396 g/mol. The summed E-state index contributed by atoms with van der Waals surface area (Å²) in [7, 11) is 3.12. The molecular weight excluding hydrogens is 376 g/mol. The number of rotatable bonds is 6. The first kappa shape index (κ1) is 19.0. The molecule has 2 aromatic carbocycles. The summed E-state index contributed by atoms with van der Waals surface area (Å²) >= 11 is 0. The smallest absolute Gasteiger partial charge is 0.345 e. The molecule has 1 N–H and O–H groups in total. The van der Waals surface area contributed by atoms with E-state index in [1.54, 1.807) is 44.6 Å². The molecule has 1 unspecified atom stereocenters. The monoisotopic (exact) mass is 396 g/mol. The van der Waals surface area contributed by atoms with Gasteiger partial charge in [0.1, 0.15) is 23.7 Å². The predicted molar refractivity (Wildman–Crippen MR) is 102 cm³/mol. The molecule has 0 fully saturated rings. The van der Waals surface area contributed by atoms with E-state index in [0.29, 0.717) is 22.6 Å². The van der Waals surface area contributed by atoms with Crippen LogP contribution in [0.2, 0.25) is 0 Å². The van der Waals surface area contributed by atoms with Gasteiger partial charge in [-0.25, -0.2) is 4.79 Å². The highest BCUT2D eigenvalue weighted by molar-refractivity contribution is 5.97. The fourth-order valence-corrected chi connectivity index (χ4v) is 3.47. The van der Waals surface area contributed by atoms with Crippen molar-refractivity contribution >= 4 is 5.97 Å². The molecule has 2 aromatic rings.